The number of nitrogens with zero attached hydrogens (tertiary/aromatic N) is 1. The third-order valence-electron chi connectivity index (χ3n) is 2.89. The van der Waals surface area contributed by atoms with Gasteiger partial charge < -0.3 is 10.8 Å². The average Bonchev–Trinajstić information content (AvgIpc) is 2.46. The first-order chi connectivity index (χ1) is 9.60. The van der Waals surface area contributed by atoms with E-state index in [4.69, 9.17) is 5.73 Å². The highest BCUT2D eigenvalue weighted by Gasteiger charge is 2.09. The SMILES string of the molecule is CN=C(N)/C=C/c1ccc(-c2ccc(O)cc2)c([IH+])c1. The minimum Gasteiger partial charge on any atom is -0.508 e. The summed E-state index contributed by atoms with van der Waals surface area (Å²) in [6.07, 6.45) is 3.73. The van der Waals surface area contributed by atoms with Crippen LogP contribution in [0.25, 0.3) is 17.2 Å². The van der Waals surface area contributed by atoms with Crippen LogP contribution in [-0.4, -0.2) is 18.0 Å². The number of hydrogen-bond donors (Lipinski definition) is 2. The molecule has 0 spiro atoms. The number of halogens is 1. The molecular formula is C16H16IN2O+. The number of nitrogens with two attached hydrogens (primary N) is 1. The molecule has 0 aliphatic heterocycles. The lowest BCUT2D eigenvalue weighted by atomic mass is 10.0. The van der Waals surface area contributed by atoms with Gasteiger partial charge in [-0.2, -0.15) is 0 Å². The second kappa shape index (κ2) is 6.56. The Hall–Kier alpha value is -1.82. The summed E-state index contributed by atoms with van der Waals surface area (Å²) < 4.78 is 1.18. The Bertz CT molecular complexity index is 661. The minimum absolute atomic E-state index is 0.279. The molecule has 3 nitrogen and oxygen atoms in total. The van der Waals surface area contributed by atoms with Crippen LogP contribution in [-0.2, 0) is 0 Å². The van der Waals surface area contributed by atoms with E-state index >= 15 is 0 Å². The van der Waals surface area contributed by atoms with Gasteiger partial charge in [-0.15, -0.1) is 0 Å². The lowest BCUT2D eigenvalue weighted by Gasteiger charge is -2.02. The van der Waals surface area contributed by atoms with Gasteiger partial charge in [-0.3, -0.25) is 4.99 Å². The van der Waals surface area contributed by atoms with Crippen LogP contribution in [0.15, 0.2) is 53.5 Å². The van der Waals surface area contributed by atoms with E-state index in [0.717, 1.165) is 16.7 Å². The molecule has 0 unspecified atom stereocenters. The molecule has 0 saturated carbocycles. The number of hydrogen-bond acceptors (Lipinski definition) is 2. The van der Waals surface area contributed by atoms with Crippen molar-refractivity contribution < 1.29 is 27.7 Å². The van der Waals surface area contributed by atoms with Gasteiger partial charge in [-0.05, 0) is 41.5 Å². The normalized spacial score (nSPS) is 12.0. The Kier molecular flexibility index (Phi) is 4.79. The first-order valence-corrected chi connectivity index (χ1v) is 7.27. The van der Waals surface area contributed by atoms with E-state index in [1.807, 2.05) is 46.9 Å². The molecule has 2 aromatic rings. The van der Waals surface area contributed by atoms with E-state index in [-0.39, 0.29) is 5.75 Å². The van der Waals surface area contributed by atoms with E-state index in [0.29, 0.717) is 5.84 Å². The largest absolute Gasteiger partial charge is 0.508 e. The van der Waals surface area contributed by atoms with Crippen molar-refractivity contribution in [2.24, 2.45) is 10.7 Å². The second-order valence-electron chi connectivity index (χ2n) is 4.28. The summed E-state index contributed by atoms with van der Waals surface area (Å²) in [4.78, 5) is 3.88. The van der Waals surface area contributed by atoms with Crippen molar-refractivity contribution in [1.82, 2.24) is 0 Å². The fraction of sp³-hybridized carbons (Fsp3) is 0.0625. The van der Waals surface area contributed by atoms with Crippen LogP contribution in [0.3, 0.4) is 0 Å². The zero-order valence-electron chi connectivity index (χ0n) is 11.1. The van der Waals surface area contributed by atoms with Crippen molar-refractivity contribution in [2.45, 2.75) is 0 Å². The molecule has 0 amide bonds. The Morgan fingerprint density at radius 1 is 1.20 bits per heavy atom. The molecule has 0 aromatic heterocycles. The summed E-state index contributed by atoms with van der Waals surface area (Å²) >= 11 is 1.99. The van der Waals surface area contributed by atoms with Crippen molar-refractivity contribution in [3.05, 3.63) is 57.7 Å². The van der Waals surface area contributed by atoms with E-state index in [1.165, 1.54) is 3.57 Å². The fourth-order valence-corrected chi connectivity index (χ4v) is 2.70. The van der Waals surface area contributed by atoms with Gasteiger partial charge >= 0.3 is 0 Å². The lowest BCUT2D eigenvalue weighted by Crippen LogP contribution is -3.34. The molecule has 0 fully saturated rings. The van der Waals surface area contributed by atoms with E-state index in [1.54, 1.807) is 25.3 Å². The van der Waals surface area contributed by atoms with E-state index in [9.17, 15) is 5.11 Å². The zero-order valence-corrected chi connectivity index (χ0v) is 13.4. The van der Waals surface area contributed by atoms with E-state index in [2.05, 4.69) is 17.1 Å². The van der Waals surface area contributed by atoms with Gasteiger partial charge in [0.25, 0.3) is 22.6 Å². The predicted octanol–water partition coefficient (Wildman–Crippen LogP) is -0.485. The molecule has 0 atom stereocenters. The van der Waals surface area contributed by atoms with Gasteiger partial charge in [-0.1, -0.05) is 24.3 Å². The summed E-state index contributed by atoms with van der Waals surface area (Å²) in [6, 6.07) is 13.4. The third kappa shape index (κ3) is 3.60. The van der Waals surface area contributed by atoms with Gasteiger partial charge in [0, 0.05) is 12.6 Å². The van der Waals surface area contributed by atoms with Gasteiger partial charge in [0.05, 0.1) is 0 Å². The van der Waals surface area contributed by atoms with Gasteiger partial charge in [0.1, 0.15) is 11.6 Å². The molecule has 3 N–H and O–H groups in total. The molecule has 102 valence electrons. The van der Waals surface area contributed by atoms with Crippen molar-refractivity contribution in [3.8, 4) is 16.9 Å². The van der Waals surface area contributed by atoms with Crippen LogP contribution in [0.2, 0.25) is 0 Å². The lowest BCUT2D eigenvalue weighted by molar-refractivity contribution is -0.326. The van der Waals surface area contributed by atoms with Gasteiger partial charge in [0.2, 0.25) is 0 Å². The van der Waals surface area contributed by atoms with Crippen molar-refractivity contribution in [3.63, 3.8) is 0 Å². The number of rotatable bonds is 3. The van der Waals surface area contributed by atoms with Crippen LogP contribution in [0.5, 0.6) is 5.75 Å². The zero-order chi connectivity index (χ0) is 14.5. The minimum atomic E-state index is 0.279. The number of amidine groups is 1. The monoisotopic (exact) mass is 379 g/mol. The maximum absolute atomic E-state index is 9.33. The molecule has 20 heavy (non-hydrogen) atoms. The highest BCUT2D eigenvalue weighted by atomic mass is 127. The summed E-state index contributed by atoms with van der Waals surface area (Å²) in [7, 11) is 1.67. The van der Waals surface area contributed by atoms with Gasteiger partial charge in [0.15, 0.2) is 3.57 Å². The van der Waals surface area contributed by atoms with Crippen molar-refractivity contribution in [1.29, 1.82) is 0 Å². The van der Waals surface area contributed by atoms with Gasteiger partial charge in [-0.25, -0.2) is 0 Å². The highest BCUT2D eigenvalue weighted by Crippen LogP contribution is 2.22. The van der Waals surface area contributed by atoms with E-state index < -0.39 is 0 Å². The molecule has 0 heterocycles. The smallest absolute Gasteiger partial charge is 0.297 e. The molecule has 4 heteroatoms. The summed E-state index contributed by atoms with van der Waals surface area (Å²) in [6.45, 7) is 0. The number of phenols is 1. The molecular weight excluding hydrogens is 363 g/mol. The number of benzene rings is 2. The van der Waals surface area contributed by atoms with Crippen LogP contribution >= 0.6 is 0 Å². The Morgan fingerprint density at radius 3 is 2.50 bits per heavy atom. The topological polar surface area (TPSA) is 58.6 Å². The van der Waals surface area contributed by atoms with Crippen LogP contribution in [0, 0.1) is 3.57 Å². The average molecular weight is 379 g/mol. The van der Waals surface area contributed by atoms with Crippen LogP contribution < -0.4 is 28.3 Å². The Balaban J connectivity index is 2.30. The fourth-order valence-electron chi connectivity index (χ4n) is 1.78. The standard InChI is InChI=1S/C16H15IN2O/c1-19-16(18)9-3-11-2-8-14(15(17)10-11)12-4-6-13(20)7-5-12/h2-10,17H,1H3,(H2-,18,19,20)/p+1. The third-order valence-corrected chi connectivity index (χ3v) is 3.85. The quantitative estimate of drug-likeness (QED) is 0.430. The molecule has 0 aliphatic carbocycles. The summed E-state index contributed by atoms with van der Waals surface area (Å²) in [5, 5.41) is 9.33. The Labute approximate surface area is 132 Å². The first kappa shape index (κ1) is 14.6. The maximum Gasteiger partial charge on any atom is 0.297 e. The van der Waals surface area contributed by atoms with Crippen LogP contribution in [0.4, 0.5) is 0 Å². The molecule has 0 saturated heterocycles. The summed E-state index contributed by atoms with van der Waals surface area (Å²) in [5.41, 5.74) is 8.96. The molecule has 0 bridgehead atoms. The van der Waals surface area contributed by atoms with Crippen LogP contribution in [0.1, 0.15) is 5.56 Å². The maximum atomic E-state index is 9.33. The first-order valence-electron chi connectivity index (χ1n) is 6.11. The van der Waals surface area contributed by atoms with Crippen molar-refractivity contribution >= 4 is 11.9 Å². The second-order valence-corrected chi connectivity index (χ2v) is 5.54. The highest BCUT2D eigenvalue weighted by molar-refractivity contribution is 5.95. The molecule has 2 rings (SSSR count). The summed E-state index contributed by atoms with van der Waals surface area (Å²) in [5.74, 6) is 0.785. The number of aliphatic imine (C=N–C) groups is 1. The Morgan fingerprint density at radius 2 is 1.90 bits per heavy atom. The number of aromatic hydroxyl groups is 1. The molecule has 0 aliphatic rings. The molecule has 0 radical (unpaired) electrons. The predicted molar refractivity (Wildman–Crippen MR) is 80.2 cm³/mol. The molecule has 2 aromatic carbocycles. The number of phenolic OH excluding ortho intramolecular Hbond substituents is 1. The van der Waals surface area contributed by atoms with Crippen molar-refractivity contribution in [2.75, 3.05) is 7.05 Å².